The van der Waals surface area contributed by atoms with Gasteiger partial charge >= 0.3 is 0 Å². The van der Waals surface area contributed by atoms with Crippen molar-refractivity contribution in [1.29, 1.82) is 0 Å². The number of ether oxygens (including phenoxy) is 1. The van der Waals surface area contributed by atoms with E-state index in [-0.39, 0.29) is 4.90 Å². The number of benzene rings is 1. The molecule has 1 aromatic heterocycles. The van der Waals surface area contributed by atoms with Crippen LogP contribution in [0.1, 0.15) is 11.3 Å². The van der Waals surface area contributed by atoms with Crippen molar-refractivity contribution in [2.45, 2.75) is 17.9 Å². The number of nitrogens with zero attached hydrogens (tertiary/aromatic N) is 2. The Morgan fingerprint density at radius 1 is 1.32 bits per heavy atom. The largest absolute Gasteiger partial charge is 0.497 e. The molecule has 8 heteroatoms. The fourth-order valence-corrected chi connectivity index (χ4v) is 3.62. The van der Waals surface area contributed by atoms with Crippen molar-refractivity contribution in [3.05, 3.63) is 35.5 Å². The van der Waals surface area contributed by atoms with Gasteiger partial charge in [-0.3, -0.25) is 9.40 Å². The highest BCUT2D eigenvalue weighted by atomic mass is 32.2. The Kier molecular flexibility index (Phi) is 3.79. The molecule has 2 heterocycles. The molecule has 0 aliphatic carbocycles. The summed E-state index contributed by atoms with van der Waals surface area (Å²) in [5.74, 6) is 1.12. The fourth-order valence-electron chi connectivity index (χ4n) is 2.50. The van der Waals surface area contributed by atoms with Gasteiger partial charge in [-0.1, -0.05) is 0 Å². The van der Waals surface area contributed by atoms with Crippen LogP contribution in [0.5, 0.6) is 5.75 Å². The van der Waals surface area contributed by atoms with E-state index in [0.717, 1.165) is 24.2 Å². The second-order valence-corrected chi connectivity index (χ2v) is 6.79. The number of sulfonamides is 1. The lowest BCUT2D eigenvalue weighted by atomic mass is 10.1. The number of rotatable bonds is 4. The Morgan fingerprint density at radius 2 is 2.05 bits per heavy atom. The van der Waals surface area contributed by atoms with Crippen LogP contribution in [0.2, 0.25) is 0 Å². The van der Waals surface area contributed by atoms with Crippen molar-refractivity contribution < 1.29 is 13.2 Å². The molecule has 0 fully saturated rings. The Balaban J connectivity index is 1.92. The highest BCUT2D eigenvalue weighted by molar-refractivity contribution is 7.92. The first-order valence-electron chi connectivity index (χ1n) is 6.93. The number of anilines is 1. The predicted octanol–water partition coefficient (Wildman–Crippen LogP) is 0.875. The van der Waals surface area contributed by atoms with E-state index in [1.165, 1.54) is 19.2 Å². The van der Waals surface area contributed by atoms with Crippen LogP contribution in [0.15, 0.2) is 29.2 Å². The smallest absolute Gasteiger partial charge is 0.263 e. The summed E-state index contributed by atoms with van der Waals surface area (Å²) in [6, 6.07) is 6.27. The molecule has 1 aliphatic heterocycles. The number of aryl methyl sites for hydroxylation is 1. The minimum Gasteiger partial charge on any atom is -0.497 e. The maximum absolute atomic E-state index is 12.5. The van der Waals surface area contributed by atoms with E-state index in [2.05, 4.69) is 15.1 Å². The van der Waals surface area contributed by atoms with Crippen LogP contribution in [0.4, 0.5) is 5.82 Å². The predicted molar refractivity (Wildman–Crippen MR) is 82.4 cm³/mol. The molecular weight excluding hydrogens is 304 g/mol. The van der Waals surface area contributed by atoms with Gasteiger partial charge in [0.2, 0.25) is 0 Å². The van der Waals surface area contributed by atoms with Gasteiger partial charge in [-0.2, -0.15) is 5.10 Å². The number of hydrogen-bond donors (Lipinski definition) is 2. The molecule has 7 nitrogen and oxygen atoms in total. The van der Waals surface area contributed by atoms with Gasteiger partial charge in [0.05, 0.1) is 17.7 Å². The highest BCUT2D eigenvalue weighted by Crippen LogP contribution is 2.25. The van der Waals surface area contributed by atoms with Crippen LogP contribution in [-0.2, 0) is 30.0 Å². The lowest BCUT2D eigenvalue weighted by Gasteiger charge is -2.14. The summed E-state index contributed by atoms with van der Waals surface area (Å²) in [4.78, 5) is 0.187. The molecule has 0 bridgehead atoms. The molecular formula is C14H18N4O3S. The van der Waals surface area contributed by atoms with Crippen molar-refractivity contribution >= 4 is 15.8 Å². The van der Waals surface area contributed by atoms with Gasteiger partial charge < -0.3 is 10.1 Å². The average molecular weight is 322 g/mol. The van der Waals surface area contributed by atoms with E-state index in [9.17, 15) is 8.42 Å². The van der Waals surface area contributed by atoms with E-state index in [1.54, 1.807) is 23.9 Å². The third kappa shape index (κ3) is 2.67. The third-order valence-corrected chi connectivity index (χ3v) is 5.02. The molecule has 0 saturated carbocycles. The van der Waals surface area contributed by atoms with Gasteiger partial charge in [-0.15, -0.1) is 0 Å². The van der Waals surface area contributed by atoms with E-state index in [1.807, 2.05) is 0 Å². The second kappa shape index (κ2) is 5.62. The van der Waals surface area contributed by atoms with Gasteiger partial charge in [-0.05, 0) is 24.3 Å². The van der Waals surface area contributed by atoms with Crippen LogP contribution in [0, 0.1) is 0 Å². The first kappa shape index (κ1) is 14.9. The van der Waals surface area contributed by atoms with Gasteiger partial charge in [0.25, 0.3) is 10.0 Å². The number of fused-ring (bicyclic) bond motifs is 1. The zero-order valence-electron chi connectivity index (χ0n) is 12.5. The van der Waals surface area contributed by atoms with Crippen LogP contribution in [0.3, 0.4) is 0 Å². The molecule has 0 radical (unpaired) electrons. The maximum Gasteiger partial charge on any atom is 0.263 e. The summed E-state index contributed by atoms with van der Waals surface area (Å²) in [5.41, 5.74) is 1.85. The lowest BCUT2D eigenvalue weighted by Crippen LogP contribution is -2.24. The van der Waals surface area contributed by atoms with Crippen molar-refractivity contribution in [2.24, 2.45) is 7.05 Å². The molecule has 0 unspecified atom stereocenters. The topological polar surface area (TPSA) is 85.2 Å². The number of aromatic nitrogens is 2. The molecule has 0 spiro atoms. The summed E-state index contributed by atoms with van der Waals surface area (Å²) in [7, 11) is -0.380. The van der Waals surface area contributed by atoms with Crippen LogP contribution < -0.4 is 14.8 Å². The molecule has 1 aliphatic rings. The standard InChI is InChI=1S/C14H18N4O3S/c1-18-14(12-9-15-8-7-13(12)16-18)17-22(19,20)11-5-3-10(21-2)4-6-11/h3-6,15,17H,7-9H2,1-2H3. The first-order chi connectivity index (χ1) is 10.5. The minimum atomic E-state index is -3.66. The Labute approximate surface area is 129 Å². The third-order valence-electron chi connectivity index (χ3n) is 3.67. The summed E-state index contributed by atoms with van der Waals surface area (Å²) < 4.78 is 34.3. The Bertz CT molecular complexity index is 781. The van der Waals surface area contributed by atoms with E-state index in [0.29, 0.717) is 18.1 Å². The summed E-state index contributed by atoms with van der Waals surface area (Å²) >= 11 is 0. The van der Waals surface area contributed by atoms with Gasteiger partial charge in [0, 0.05) is 32.1 Å². The fraction of sp³-hybridized carbons (Fsp3) is 0.357. The quantitative estimate of drug-likeness (QED) is 0.873. The first-order valence-corrected chi connectivity index (χ1v) is 8.42. The van der Waals surface area contributed by atoms with E-state index >= 15 is 0 Å². The van der Waals surface area contributed by atoms with Crippen molar-refractivity contribution in [3.8, 4) is 5.75 Å². The van der Waals surface area contributed by atoms with Crippen molar-refractivity contribution in [1.82, 2.24) is 15.1 Å². The lowest BCUT2D eigenvalue weighted by molar-refractivity contribution is 0.414. The molecule has 0 amide bonds. The SMILES string of the molecule is COc1ccc(S(=O)(=O)Nc2c3c(nn2C)CCNC3)cc1. The van der Waals surface area contributed by atoms with Crippen molar-refractivity contribution in [2.75, 3.05) is 18.4 Å². The van der Waals surface area contributed by atoms with Gasteiger partial charge in [-0.25, -0.2) is 8.42 Å². The molecule has 0 saturated heterocycles. The van der Waals surface area contributed by atoms with Gasteiger partial charge in [0.15, 0.2) is 0 Å². The zero-order valence-corrected chi connectivity index (χ0v) is 13.3. The molecule has 0 atom stereocenters. The Hall–Kier alpha value is -2.06. The Morgan fingerprint density at radius 3 is 2.73 bits per heavy atom. The number of hydrogen-bond acceptors (Lipinski definition) is 5. The van der Waals surface area contributed by atoms with E-state index < -0.39 is 10.0 Å². The molecule has 2 N–H and O–H groups in total. The highest BCUT2D eigenvalue weighted by Gasteiger charge is 2.23. The molecule has 2 aromatic rings. The van der Waals surface area contributed by atoms with Crippen molar-refractivity contribution in [3.63, 3.8) is 0 Å². The van der Waals surface area contributed by atoms with E-state index in [4.69, 9.17) is 4.74 Å². The normalized spacial score (nSPS) is 14.5. The van der Waals surface area contributed by atoms with Gasteiger partial charge in [0.1, 0.15) is 11.6 Å². The molecule has 118 valence electrons. The molecule has 22 heavy (non-hydrogen) atoms. The number of methoxy groups -OCH3 is 1. The zero-order chi connectivity index (χ0) is 15.7. The van der Waals surface area contributed by atoms with Crippen LogP contribution >= 0.6 is 0 Å². The number of nitrogens with one attached hydrogen (secondary N) is 2. The minimum absolute atomic E-state index is 0.187. The second-order valence-electron chi connectivity index (χ2n) is 5.11. The maximum atomic E-state index is 12.5. The average Bonchev–Trinajstić information content (AvgIpc) is 2.83. The summed E-state index contributed by atoms with van der Waals surface area (Å²) in [6.45, 7) is 1.47. The summed E-state index contributed by atoms with van der Waals surface area (Å²) in [5, 5.41) is 7.62. The van der Waals surface area contributed by atoms with Crippen LogP contribution in [0.25, 0.3) is 0 Å². The monoisotopic (exact) mass is 322 g/mol. The molecule has 1 aromatic carbocycles. The molecule has 3 rings (SSSR count). The summed E-state index contributed by atoms with van der Waals surface area (Å²) in [6.07, 6.45) is 0.799. The van der Waals surface area contributed by atoms with Crippen LogP contribution in [-0.4, -0.2) is 31.9 Å².